The van der Waals surface area contributed by atoms with E-state index < -0.39 is 17.9 Å². The molecule has 0 radical (unpaired) electrons. The molecular weight excluding hydrogens is 273 g/mol. The van der Waals surface area contributed by atoms with Gasteiger partial charge in [0.2, 0.25) is 11.0 Å². The number of carbonyl (C=O) groups excluding carboxylic acids is 1. The molecule has 0 bridgehead atoms. The van der Waals surface area contributed by atoms with Gasteiger partial charge in [0, 0.05) is 11.5 Å². The van der Waals surface area contributed by atoms with E-state index >= 15 is 0 Å². The van der Waals surface area contributed by atoms with E-state index in [1.54, 1.807) is 0 Å². The summed E-state index contributed by atoms with van der Waals surface area (Å²) in [7, 11) is 0. The fraction of sp³-hybridized carbons (Fsp3) is 0.143. The van der Waals surface area contributed by atoms with E-state index in [1.807, 2.05) is 0 Å². The first-order valence-electron chi connectivity index (χ1n) is 4.35. The minimum absolute atomic E-state index is 0.0498. The molecule has 1 amide bonds. The molecule has 0 aliphatic heterocycles. The van der Waals surface area contributed by atoms with Gasteiger partial charge in [0.15, 0.2) is 5.69 Å². The van der Waals surface area contributed by atoms with E-state index in [2.05, 4.69) is 14.5 Å². The number of hydrogen-bond acceptors (Lipinski definition) is 6. The summed E-state index contributed by atoms with van der Waals surface area (Å²) >= 11 is 0.475. The average Bonchev–Trinajstić information content (AvgIpc) is 2.81. The molecule has 7 nitrogen and oxygen atoms in total. The van der Waals surface area contributed by atoms with Crippen molar-refractivity contribution in [2.75, 3.05) is 5.73 Å². The third kappa shape index (κ3) is 2.11. The Kier molecular flexibility index (Phi) is 2.69. The van der Waals surface area contributed by atoms with Crippen molar-refractivity contribution in [3.05, 3.63) is 17.7 Å². The Balaban J connectivity index is 2.41. The third-order valence-corrected chi connectivity index (χ3v) is 2.55. The molecule has 11 heteroatoms. The Morgan fingerprint density at radius 2 is 2.11 bits per heavy atom. The van der Waals surface area contributed by atoms with Gasteiger partial charge < -0.3 is 11.5 Å². The van der Waals surface area contributed by atoms with Crippen LogP contribution in [0.3, 0.4) is 0 Å². The topological polar surface area (TPSA) is 113 Å². The van der Waals surface area contributed by atoms with Crippen molar-refractivity contribution in [3.8, 4) is 5.13 Å². The number of halogens is 3. The highest BCUT2D eigenvalue weighted by Crippen LogP contribution is 2.28. The van der Waals surface area contributed by atoms with Gasteiger partial charge in [-0.2, -0.15) is 27.6 Å². The molecule has 2 heterocycles. The van der Waals surface area contributed by atoms with Crippen molar-refractivity contribution in [2.24, 2.45) is 5.73 Å². The summed E-state index contributed by atoms with van der Waals surface area (Å²) in [6, 6.07) is 0. The Morgan fingerprint density at radius 1 is 1.44 bits per heavy atom. The van der Waals surface area contributed by atoms with Crippen molar-refractivity contribution in [3.63, 3.8) is 0 Å². The predicted octanol–water partition coefficient (Wildman–Crippen LogP) is 0.424. The van der Waals surface area contributed by atoms with Crippen LogP contribution in [0.5, 0.6) is 0 Å². The van der Waals surface area contributed by atoms with Crippen LogP contribution in [0.2, 0.25) is 0 Å². The molecule has 0 spiro atoms. The summed E-state index contributed by atoms with van der Waals surface area (Å²) in [5.74, 6) is -2.16. The molecule has 96 valence electrons. The van der Waals surface area contributed by atoms with Gasteiger partial charge in [-0.05, 0) is 0 Å². The van der Waals surface area contributed by atoms with E-state index in [-0.39, 0.29) is 16.5 Å². The van der Waals surface area contributed by atoms with Gasteiger partial charge in [-0.1, -0.05) is 0 Å². The van der Waals surface area contributed by atoms with Crippen LogP contribution in [0, 0.1) is 0 Å². The molecule has 0 unspecified atom stereocenters. The second-order valence-electron chi connectivity index (χ2n) is 3.14. The van der Waals surface area contributed by atoms with Crippen LogP contribution < -0.4 is 11.5 Å². The fourth-order valence-electron chi connectivity index (χ4n) is 1.10. The van der Waals surface area contributed by atoms with Crippen LogP contribution in [0.1, 0.15) is 16.3 Å². The molecule has 0 saturated heterocycles. The van der Waals surface area contributed by atoms with E-state index in [0.717, 1.165) is 10.9 Å². The molecule has 0 aliphatic rings. The van der Waals surface area contributed by atoms with Gasteiger partial charge in [0.25, 0.3) is 5.91 Å². The molecule has 18 heavy (non-hydrogen) atoms. The molecule has 0 aromatic carbocycles. The number of carbonyl (C=O) groups is 1. The summed E-state index contributed by atoms with van der Waals surface area (Å²) in [6.45, 7) is 0. The number of nitrogens with zero attached hydrogens (tertiary/aromatic N) is 4. The van der Waals surface area contributed by atoms with Crippen molar-refractivity contribution >= 4 is 23.1 Å². The van der Waals surface area contributed by atoms with Crippen molar-refractivity contribution < 1.29 is 18.0 Å². The molecular formula is C7H5F3N6OS. The van der Waals surface area contributed by atoms with Gasteiger partial charge in [0.1, 0.15) is 0 Å². The second kappa shape index (κ2) is 3.94. The maximum Gasteiger partial charge on any atom is 0.452 e. The molecule has 2 aromatic rings. The van der Waals surface area contributed by atoms with Crippen molar-refractivity contribution in [1.82, 2.24) is 19.1 Å². The number of alkyl halides is 3. The molecule has 0 saturated carbocycles. The van der Waals surface area contributed by atoms with Gasteiger partial charge in [-0.15, -0.1) is 0 Å². The number of rotatable bonds is 2. The average molecular weight is 278 g/mol. The largest absolute Gasteiger partial charge is 0.452 e. The minimum Gasteiger partial charge on any atom is -0.396 e. The summed E-state index contributed by atoms with van der Waals surface area (Å²) in [6.07, 6.45) is -3.50. The summed E-state index contributed by atoms with van der Waals surface area (Å²) < 4.78 is 40.9. The third-order valence-electron chi connectivity index (χ3n) is 1.84. The maximum atomic E-state index is 12.3. The Morgan fingerprint density at radius 3 is 2.56 bits per heavy atom. The zero-order chi connectivity index (χ0) is 13.5. The van der Waals surface area contributed by atoms with E-state index in [1.165, 1.54) is 0 Å². The first-order chi connectivity index (χ1) is 8.29. The number of aromatic nitrogens is 4. The molecule has 0 aliphatic carbocycles. The highest BCUT2D eigenvalue weighted by molar-refractivity contribution is 7.08. The molecule has 4 N–H and O–H groups in total. The zero-order valence-electron chi connectivity index (χ0n) is 8.47. The maximum absolute atomic E-state index is 12.3. The van der Waals surface area contributed by atoms with Gasteiger partial charge in [-0.3, -0.25) is 4.79 Å². The van der Waals surface area contributed by atoms with Crippen LogP contribution in [-0.4, -0.2) is 25.0 Å². The van der Waals surface area contributed by atoms with Crippen LogP contribution in [0.15, 0.2) is 6.20 Å². The predicted molar refractivity (Wildman–Crippen MR) is 55.0 cm³/mol. The smallest absolute Gasteiger partial charge is 0.396 e. The number of nitrogen functional groups attached to an aromatic ring is 1. The molecule has 0 fully saturated rings. The number of hydrogen-bond donors (Lipinski definition) is 2. The minimum atomic E-state index is -4.64. The van der Waals surface area contributed by atoms with E-state index in [4.69, 9.17) is 11.5 Å². The lowest BCUT2D eigenvalue weighted by Crippen LogP contribution is -2.14. The Hall–Kier alpha value is -2.17. The number of nitrogens with two attached hydrogens (primary N) is 2. The number of amides is 1. The molecule has 0 atom stereocenters. The molecule has 2 aromatic heterocycles. The first-order valence-corrected chi connectivity index (χ1v) is 5.12. The van der Waals surface area contributed by atoms with Crippen LogP contribution in [0.25, 0.3) is 5.13 Å². The highest BCUT2D eigenvalue weighted by Gasteiger charge is 2.36. The van der Waals surface area contributed by atoms with Crippen LogP contribution in [-0.2, 0) is 6.18 Å². The van der Waals surface area contributed by atoms with Crippen LogP contribution >= 0.6 is 11.5 Å². The lowest BCUT2D eigenvalue weighted by molar-refractivity contribution is -0.144. The van der Waals surface area contributed by atoms with Gasteiger partial charge >= 0.3 is 6.18 Å². The monoisotopic (exact) mass is 278 g/mol. The van der Waals surface area contributed by atoms with Gasteiger partial charge in [-0.25, -0.2) is 4.68 Å². The Bertz CT molecular complexity index is 603. The number of anilines is 1. The fourth-order valence-corrected chi connectivity index (χ4v) is 1.72. The second-order valence-corrected chi connectivity index (χ2v) is 3.87. The highest BCUT2D eigenvalue weighted by atomic mass is 32.1. The van der Waals surface area contributed by atoms with Gasteiger partial charge in [0.05, 0.1) is 11.9 Å². The van der Waals surface area contributed by atoms with Crippen LogP contribution in [0.4, 0.5) is 18.9 Å². The lowest BCUT2D eigenvalue weighted by atomic mass is 10.4. The molecule has 2 rings (SSSR count). The van der Waals surface area contributed by atoms with Crippen molar-refractivity contribution in [2.45, 2.75) is 6.18 Å². The number of primary amides is 1. The SMILES string of the molecule is NC(=O)c1nn(-c2nc(C(F)(F)F)ns2)cc1N. The standard InChI is InChI=1S/C7H5F3N6OS/c8-7(9,10)5-13-6(18-15-5)16-1-2(11)3(14-16)4(12)17/h1H,11H2,(H2,12,17). The lowest BCUT2D eigenvalue weighted by Gasteiger charge is -1.97. The van der Waals surface area contributed by atoms with Crippen molar-refractivity contribution in [1.29, 1.82) is 0 Å². The van der Waals surface area contributed by atoms with E-state index in [9.17, 15) is 18.0 Å². The normalized spacial score (nSPS) is 11.7. The summed E-state index contributed by atoms with van der Waals surface area (Å²) in [5, 5.41) is 3.47. The summed E-state index contributed by atoms with van der Waals surface area (Å²) in [4.78, 5) is 14.1. The first kappa shape index (κ1) is 12.3. The quantitative estimate of drug-likeness (QED) is 0.826. The Labute approximate surface area is 101 Å². The summed E-state index contributed by atoms with van der Waals surface area (Å²) in [5.41, 5.74) is 10.1. The van der Waals surface area contributed by atoms with E-state index in [0.29, 0.717) is 11.5 Å². The zero-order valence-corrected chi connectivity index (χ0v) is 9.29.